The average Bonchev–Trinajstić information content (AvgIpc) is 2.96. The van der Waals surface area contributed by atoms with Crippen molar-refractivity contribution in [2.75, 3.05) is 21.3 Å². The monoisotopic (exact) mass is 558 g/mol. The fourth-order valence-electron chi connectivity index (χ4n) is 7.81. The molecule has 4 rings (SSSR count). The molecule has 9 heteroatoms. The molecule has 1 heterocycles. The van der Waals surface area contributed by atoms with Crippen LogP contribution in [0, 0.1) is 0 Å². The maximum Gasteiger partial charge on any atom is 0.353 e. The van der Waals surface area contributed by atoms with Crippen LogP contribution in [-0.4, -0.2) is 64.2 Å². The standard InChI is InChI=1S/C27H54O6Si3/c1-22(28-4)34(25-16-10-7-11-17-25)31-35(23(2)29-5,26-18-12-8-13-19-26)33-36(32-34,24(3)30-6)27-20-14-9-15-21-27/h22-27H,7-21H2,1-6H3. The number of hydrogen-bond donors (Lipinski definition) is 0. The normalized spacial score (nSPS) is 38.5. The van der Waals surface area contributed by atoms with Crippen molar-refractivity contribution in [3.63, 3.8) is 0 Å². The van der Waals surface area contributed by atoms with E-state index in [4.69, 9.17) is 26.6 Å². The van der Waals surface area contributed by atoms with E-state index in [1.165, 1.54) is 96.3 Å². The van der Waals surface area contributed by atoms with Crippen molar-refractivity contribution in [2.45, 2.75) is 151 Å². The van der Waals surface area contributed by atoms with Gasteiger partial charge in [-0.15, -0.1) is 0 Å². The van der Waals surface area contributed by atoms with Gasteiger partial charge in [0.2, 0.25) is 0 Å². The predicted octanol–water partition coefficient (Wildman–Crippen LogP) is 7.10. The highest BCUT2D eigenvalue weighted by Crippen LogP contribution is 2.56. The van der Waals surface area contributed by atoms with Crippen LogP contribution < -0.4 is 0 Å². The van der Waals surface area contributed by atoms with E-state index in [0.717, 1.165) is 0 Å². The lowest BCUT2D eigenvalue weighted by molar-refractivity contribution is 0.0421. The zero-order valence-corrected chi connectivity index (χ0v) is 27.0. The smallest absolute Gasteiger partial charge is 0.353 e. The second-order valence-electron chi connectivity index (χ2n) is 12.1. The van der Waals surface area contributed by atoms with Crippen molar-refractivity contribution >= 4 is 25.7 Å². The highest BCUT2D eigenvalue weighted by Gasteiger charge is 2.73. The summed E-state index contributed by atoms with van der Waals surface area (Å²) < 4.78 is 42.0. The van der Waals surface area contributed by atoms with Gasteiger partial charge in [-0.1, -0.05) is 57.8 Å². The van der Waals surface area contributed by atoms with Gasteiger partial charge in [0.15, 0.2) is 0 Å². The summed E-state index contributed by atoms with van der Waals surface area (Å²) in [5, 5.41) is 0. The van der Waals surface area contributed by atoms with Crippen LogP contribution in [0.1, 0.15) is 117 Å². The first-order chi connectivity index (χ1) is 17.4. The Bertz CT molecular complexity index is 582. The summed E-state index contributed by atoms with van der Waals surface area (Å²) in [5.41, 5.74) is 1.23. The molecule has 0 aromatic carbocycles. The molecule has 4 aliphatic rings. The molecule has 0 amide bonds. The summed E-state index contributed by atoms with van der Waals surface area (Å²) >= 11 is 0. The fraction of sp³-hybridized carbons (Fsp3) is 1.00. The van der Waals surface area contributed by atoms with Crippen molar-refractivity contribution in [1.82, 2.24) is 0 Å². The lowest BCUT2D eigenvalue weighted by Gasteiger charge is -2.62. The molecule has 0 bridgehead atoms. The SMILES string of the molecule is COC(C)[Si]1(C2CCCCC2)O[Si](C2CCCCC2)(C(C)OC)O[Si](C2CCCCC2)(C(C)OC)O1. The van der Waals surface area contributed by atoms with Crippen LogP contribution in [0.25, 0.3) is 0 Å². The van der Waals surface area contributed by atoms with Gasteiger partial charge < -0.3 is 26.6 Å². The summed E-state index contributed by atoms with van der Waals surface area (Å²) in [6.45, 7) is 6.71. The van der Waals surface area contributed by atoms with E-state index >= 15 is 0 Å². The van der Waals surface area contributed by atoms with Gasteiger partial charge in [0.05, 0.1) is 17.2 Å². The molecular formula is C27H54O6Si3. The first-order valence-electron chi connectivity index (χ1n) is 15.1. The number of methoxy groups -OCH3 is 3. The Morgan fingerprint density at radius 2 is 0.667 bits per heavy atom. The van der Waals surface area contributed by atoms with Gasteiger partial charge in [-0.05, 0) is 59.3 Å². The zero-order chi connectivity index (χ0) is 25.8. The highest BCUT2D eigenvalue weighted by atomic mass is 28.5. The van der Waals surface area contributed by atoms with Crippen molar-refractivity contribution < 1.29 is 26.6 Å². The van der Waals surface area contributed by atoms with Gasteiger partial charge >= 0.3 is 25.7 Å². The fourth-order valence-corrected chi connectivity index (χ4v) is 30.0. The predicted molar refractivity (Wildman–Crippen MR) is 150 cm³/mol. The molecule has 1 saturated heterocycles. The maximum absolute atomic E-state index is 7.75. The van der Waals surface area contributed by atoms with Gasteiger partial charge in [-0.25, -0.2) is 0 Å². The Morgan fingerprint density at radius 1 is 0.444 bits per heavy atom. The third kappa shape index (κ3) is 5.39. The first-order valence-corrected chi connectivity index (χ1v) is 21.0. The molecule has 0 aromatic heterocycles. The quantitative estimate of drug-likeness (QED) is 0.281. The largest absolute Gasteiger partial charge is 0.412 e. The summed E-state index contributed by atoms with van der Waals surface area (Å²) in [5.74, 6) is 0. The molecule has 0 aromatic rings. The van der Waals surface area contributed by atoms with Gasteiger partial charge in [0, 0.05) is 38.0 Å². The molecule has 210 valence electrons. The minimum Gasteiger partial charge on any atom is -0.412 e. The highest BCUT2D eigenvalue weighted by molar-refractivity contribution is 6.97. The molecule has 3 atom stereocenters. The van der Waals surface area contributed by atoms with Crippen LogP contribution in [0.15, 0.2) is 0 Å². The van der Waals surface area contributed by atoms with E-state index < -0.39 is 25.7 Å². The van der Waals surface area contributed by atoms with E-state index in [2.05, 4.69) is 20.8 Å². The Hall–Kier alpha value is 0.411. The van der Waals surface area contributed by atoms with Crippen LogP contribution in [-0.2, 0) is 26.6 Å². The van der Waals surface area contributed by atoms with E-state index in [-0.39, 0.29) is 17.2 Å². The molecule has 3 aliphatic carbocycles. The molecule has 36 heavy (non-hydrogen) atoms. The molecule has 0 spiro atoms. The molecule has 0 N–H and O–H groups in total. The van der Waals surface area contributed by atoms with Crippen LogP contribution in [0.2, 0.25) is 16.6 Å². The number of ether oxygens (including phenoxy) is 3. The van der Waals surface area contributed by atoms with Crippen molar-refractivity contribution in [3.05, 3.63) is 0 Å². The molecule has 6 nitrogen and oxygen atoms in total. The third-order valence-electron chi connectivity index (χ3n) is 10.2. The lowest BCUT2D eigenvalue weighted by atomic mass is 10.0. The zero-order valence-electron chi connectivity index (χ0n) is 24.0. The van der Waals surface area contributed by atoms with Crippen LogP contribution in [0.4, 0.5) is 0 Å². The Labute approximate surface area is 224 Å². The van der Waals surface area contributed by atoms with Gasteiger partial charge in [0.1, 0.15) is 0 Å². The van der Waals surface area contributed by atoms with Crippen LogP contribution in [0.3, 0.4) is 0 Å². The lowest BCUT2D eigenvalue weighted by Crippen LogP contribution is -2.82. The Morgan fingerprint density at radius 3 is 0.861 bits per heavy atom. The number of hydrogen-bond acceptors (Lipinski definition) is 6. The minimum absolute atomic E-state index is 0.0384. The molecule has 3 saturated carbocycles. The summed E-state index contributed by atoms with van der Waals surface area (Å²) in [6, 6.07) is 0. The summed E-state index contributed by atoms with van der Waals surface area (Å²) in [6.07, 6.45) is 18.7. The van der Waals surface area contributed by atoms with Crippen LogP contribution in [0.5, 0.6) is 0 Å². The second kappa shape index (κ2) is 12.7. The Balaban J connectivity index is 1.92. The molecular weight excluding hydrogens is 505 g/mol. The van der Waals surface area contributed by atoms with E-state index in [0.29, 0.717) is 16.6 Å². The maximum atomic E-state index is 7.75. The molecule has 0 radical (unpaired) electrons. The minimum atomic E-state index is -2.87. The van der Waals surface area contributed by atoms with E-state index in [9.17, 15) is 0 Å². The summed E-state index contributed by atoms with van der Waals surface area (Å²) in [4.78, 5) is 0. The van der Waals surface area contributed by atoms with E-state index in [1.807, 2.05) is 21.3 Å². The third-order valence-corrected chi connectivity index (χ3v) is 27.2. The van der Waals surface area contributed by atoms with Crippen molar-refractivity contribution in [2.24, 2.45) is 0 Å². The van der Waals surface area contributed by atoms with E-state index in [1.54, 1.807) is 0 Å². The van der Waals surface area contributed by atoms with Gasteiger partial charge in [-0.3, -0.25) is 0 Å². The molecule has 3 unspecified atom stereocenters. The summed E-state index contributed by atoms with van der Waals surface area (Å²) in [7, 11) is -3.02. The van der Waals surface area contributed by atoms with Crippen LogP contribution >= 0.6 is 0 Å². The average molecular weight is 559 g/mol. The van der Waals surface area contributed by atoms with Gasteiger partial charge in [-0.2, -0.15) is 0 Å². The van der Waals surface area contributed by atoms with Crippen molar-refractivity contribution in [1.29, 1.82) is 0 Å². The number of rotatable bonds is 9. The van der Waals surface area contributed by atoms with Gasteiger partial charge in [0.25, 0.3) is 0 Å². The molecule has 1 aliphatic heterocycles. The first kappa shape index (κ1) is 29.4. The Kier molecular flexibility index (Phi) is 10.4. The molecule has 4 fully saturated rings. The second-order valence-corrected chi connectivity index (χ2v) is 23.8. The van der Waals surface area contributed by atoms with Crippen molar-refractivity contribution in [3.8, 4) is 0 Å². The topological polar surface area (TPSA) is 55.4 Å².